The Morgan fingerprint density at radius 1 is 1.43 bits per heavy atom. The van der Waals surface area contributed by atoms with Gasteiger partial charge in [0.15, 0.2) is 0 Å². The van der Waals surface area contributed by atoms with Crippen LogP contribution in [0, 0.1) is 11.3 Å². The molecule has 0 amide bonds. The summed E-state index contributed by atoms with van der Waals surface area (Å²) in [5.41, 5.74) is 2.69. The van der Waals surface area contributed by atoms with Gasteiger partial charge in [-0.05, 0) is 13.0 Å². The van der Waals surface area contributed by atoms with E-state index >= 15 is 0 Å². The lowest BCUT2D eigenvalue weighted by molar-refractivity contribution is 1.21. The van der Waals surface area contributed by atoms with Crippen LogP contribution in [-0.2, 0) is 0 Å². The molecule has 1 aliphatic heterocycles. The summed E-state index contributed by atoms with van der Waals surface area (Å²) in [4.78, 5) is 4.33. The topological polar surface area (TPSA) is 48.2 Å². The van der Waals surface area contributed by atoms with Crippen LogP contribution in [0.15, 0.2) is 35.3 Å². The average molecular weight is 183 g/mol. The third-order valence-electron chi connectivity index (χ3n) is 2.01. The molecule has 0 aromatic heterocycles. The van der Waals surface area contributed by atoms with Crippen LogP contribution < -0.4 is 5.32 Å². The van der Waals surface area contributed by atoms with Gasteiger partial charge in [-0.15, -0.1) is 0 Å². The number of nitrogens with zero attached hydrogens (tertiary/aromatic N) is 2. The van der Waals surface area contributed by atoms with Gasteiger partial charge in [-0.2, -0.15) is 5.26 Å². The number of benzene rings is 1. The molecular formula is C11H9N3. The molecular weight excluding hydrogens is 174 g/mol. The molecule has 0 bridgehead atoms. The van der Waals surface area contributed by atoms with Crippen molar-refractivity contribution in [3.8, 4) is 6.07 Å². The van der Waals surface area contributed by atoms with E-state index in [1.54, 1.807) is 0 Å². The van der Waals surface area contributed by atoms with Crippen LogP contribution in [-0.4, -0.2) is 5.84 Å². The largest absolute Gasteiger partial charge is 0.343 e. The molecule has 0 aliphatic carbocycles. The van der Waals surface area contributed by atoms with Gasteiger partial charge in [0.2, 0.25) is 0 Å². The van der Waals surface area contributed by atoms with Crippen LogP contribution in [0.4, 0.5) is 5.69 Å². The second-order valence-corrected chi connectivity index (χ2v) is 3.03. The normalized spacial score (nSPS) is 16.6. The van der Waals surface area contributed by atoms with Crippen LogP contribution >= 0.6 is 0 Å². The van der Waals surface area contributed by atoms with Gasteiger partial charge in [0.25, 0.3) is 0 Å². The zero-order valence-electron chi connectivity index (χ0n) is 7.78. The van der Waals surface area contributed by atoms with E-state index in [4.69, 9.17) is 5.26 Å². The van der Waals surface area contributed by atoms with Crippen molar-refractivity contribution in [1.29, 1.82) is 5.26 Å². The van der Waals surface area contributed by atoms with Gasteiger partial charge < -0.3 is 5.32 Å². The van der Waals surface area contributed by atoms with Crippen molar-refractivity contribution in [3.63, 3.8) is 0 Å². The molecule has 0 saturated carbocycles. The Morgan fingerprint density at radius 2 is 2.21 bits per heavy atom. The predicted molar refractivity (Wildman–Crippen MR) is 55.9 cm³/mol. The molecule has 0 unspecified atom stereocenters. The third-order valence-corrected chi connectivity index (χ3v) is 2.01. The number of fused-ring (bicyclic) bond motifs is 1. The highest BCUT2D eigenvalue weighted by atomic mass is 15.0. The zero-order valence-corrected chi connectivity index (χ0v) is 7.78. The van der Waals surface area contributed by atoms with Gasteiger partial charge in [-0.25, -0.2) is 4.99 Å². The summed E-state index contributed by atoms with van der Waals surface area (Å²) in [5.74, 6) is 0.810. The van der Waals surface area contributed by atoms with Crippen molar-refractivity contribution in [1.82, 2.24) is 5.32 Å². The lowest BCUT2D eigenvalue weighted by atomic mass is 10.1. The lowest BCUT2D eigenvalue weighted by Crippen LogP contribution is -2.21. The van der Waals surface area contributed by atoms with Gasteiger partial charge in [0.05, 0.1) is 17.5 Å². The SMILES string of the molecule is CC1=Nc2ccccc2/C(=C/C#N)N1. The minimum absolute atomic E-state index is 0.810. The first kappa shape index (κ1) is 8.52. The molecule has 3 heteroatoms. The summed E-state index contributed by atoms with van der Waals surface area (Å²) in [5, 5.41) is 11.7. The molecule has 0 fully saturated rings. The van der Waals surface area contributed by atoms with Gasteiger partial charge in [-0.1, -0.05) is 18.2 Å². The summed E-state index contributed by atoms with van der Waals surface area (Å²) < 4.78 is 0. The van der Waals surface area contributed by atoms with Crippen molar-refractivity contribution >= 4 is 17.2 Å². The van der Waals surface area contributed by atoms with Crippen molar-refractivity contribution < 1.29 is 0 Å². The summed E-state index contributed by atoms with van der Waals surface area (Å²) in [6.07, 6.45) is 1.50. The van der Waals surface area contributed by atoms with E-state index in [1.807, 2.05) is 37.3 Å². The maximum Gasteiger partial charge on any atom is 0.103 e. The third kappa shape index (κ3) is 1.38. The quantitative estimate of drug-likeness (QED) is 0.627. The first-order valence-corrected chi connectivity index (χ1v) is 4.33. The van der Waals surface area contributed by atoms with Gasteiger partial charge >= 0.3 is 0 Å². The smallest absolute Gasteiger partial charge is 0.103 e. The highest BCUT2D eigenvalue weighted by Crippen LogP contribution is 2.27. The van der Waals surface area contributed by atoms with E-state index in [9.17, 15) is 0 Å². The highest BCUT2D eigenvalue weighted by molar-refractivity contribution is 5.97. The fourth-order valence-electron chi connectivity index (χ4n) is 1.45. The van der Waals surface area contributed by atoms with E-state index in [2.05, 4.69) is 10.3 Å². The minimum atomic E-state index is 0.810. The summed E-state index contributed by atoms with van der Waals surface area (Å²) in [7, 11) is 0. The van der Waals surface area contributed by atoms with Crippen LogP contribution in [0.1, 0.15) is 12.5 Å². The first-order chi connectivity index (χ1) is 6.81. The maximum absolute atomic E-state index is 8.62. The van der Waals surface area contributed by atoms with Crippen LogP contribution in [0.25, 0.3) is 5.70 Å². The standard InChI is InChI=1S/C11H9N3/c1-8-13-10-5-3-2-4-9(10)11(14-8)6-7-12/h2-6H,1H3,(H,13,14)/b11-6-. The maximum atomic E-state index is 8.62. The molecule has 1 aromatic rings. The number of hydrogen-bond acceptors (Lipinski definition) is 3. The molecule has 0 saturated heterocycles. The van der Waals surface area contributed by atoms with Crippen LogP contribution in [0.2, 0.25) is 0 Å². The Kier molecular flexibility index (Phi) is 2.04. The number of amidine groups is 1. The number of allylic oxidation sites excluding steroid dienone is 1. The number of aliphatic imine (C=N–C) groups is 1. The summed E-state index contributed by atoms with van der Waals surface area (Å²) in [6.45, 7) is 1.88. The van der Waals surface area contributed by atoms with Crippen molar-refractivity contribution in [3.05, 3.63) is 35.9 Å². The Bertz CT molecular complexity index is 464. The van der Waals surface area contributed by atoms with E-state index < -0.39 is 0 Å². The number of nitriles is 1. The predicted octanol–water partition coefficient (Wildman–Crippen LogP) is 2.20. The van der Waals surface area contributed by atoms with Gasteiger partial charge in [0, 0.05) is 11.6 Å². The summed E-state index contributed by atoms with van der Waals surface area (Å²) >= 11 is 0. The molecule has 0 radical (unpaired) electrons. The van der Waals surface area contributed by atoms with E-state index in [-0.39, 0.29) is 0 Å². The Balaban J connectivity index is 2.60. The van der Waals surface area contributed by atoms with Crippen molar-refractivity contribution in [2.24, 2.45) is 4.99 Å². The second kappa shape index (κ2) is 3.35. The number of hydrogen-bond donors (Lipinski definition) is 1. The molecule has 1 aromatic carbocycles. The number of para-hydroxylation sites is 1. The fourth-order valence-corrected chi connectivity index (χ4v) is 1.45. The molecule has 1 N–H and O–H groups in total. The molecule has 14 heavy (non-hydrogen) atoms. The molecule has 1 heterocycles. The summed E-state index contributed by atoms with van der Waals surface area (Å²) in [6, 6.07) is 9.77. The fraction of sp³-hybridized carbons (Fsp3) is 0.0909. The zero-order chi connectivity index (χ0) is 9.97. The molecule has 0 spiro atoms. The number of nitrogens with one attached hydrogen (secondary N) is 1. The monoisotopic (exact) mass is 183 g/mol. The number of rotatable bonds is 0. The molecule has 0 atom stereocenters. The average Bonchev–Trinajstić information content (AvgIpc) is 2.18. The molecule has 68 valence electrons. The van der Waals surface area contributed by atoms with Gasteiger partial charge in [0.1, 0.15) is 5.84 Å². The van der Waals surface area contributed by atoms with E-state index in [0.717, 1.165) is 22.8 Å². The molecule has 1 aliphatic rings. The Morgan fingerprint density at radius 3 is 3.00 bits per heavy atom. The van der Waals surface area contributed by atoms with E-state index in [1.165, 1.54) is 6.08 Å². The first-order valence-electron chi connectivity index (χ1n) is 4.33. The van der Waals surface area contributed by atoms with Crippen LogP contribution in [0.3, 0.4) is 0 Å². The highest BCUT2D eigenvalue weighted by Gasteiger charge is 2.12. The van der Waals surface area contributed by atoms with E-state index in [0.29, 0.717) is 0 Å². The lowest BCUT2D eigenvalue weighted by Gasteiger charge is -2.17. The van der Waals surface area contributed by atoms with Crippen molar-refractivity contribution in [2.75, 3.05) is 0 Å². The molecule has 3 nitrogen and oxygen atoms in total. The second-order valence-electron chi connectivity index (χ2n) is 3.03. The molecule has 2 rings (SSSR count). The van der Waals surface area contributed by atoms with Crippen molar-refractivity contribution in [2.45, 2.75) is 6.92 Å². The van der Waals surface area contributed by atoms with Gasteiger partial charge in [-0.3, -0.25) is 0 Å². The Hall–Kier alpha value is -2.08. The van der Waals surface area contributed by atoms with Crippen LogP contribution in [0.5, 0.6) is 0 Å². The minimum Gasteiger partial charge on any atom is -0.343 e. The Labute approximate surface area is 82.4 Å².